The Kier molecular flexibility index (Phi) is 7.99. The van der Waals surface area contributed by atoms with E-state index in [1.807, 2.05) is 18.5 Å². The Labute approximate surface area is 159 Å². The average Bonchev–Trinajstić information content (AvgIpc) is 3.11. The van der Waals surface area contributed by atoms with Crippen LogP contribution >= 0.6 is 11.3 Å². The maximum atomic E-state index is 5.10. The van der Waals surface area contributed by atoms with Crippen LogP contribution in [0.4, 0.5) is 0 Å². The van der Waals surface area contributed by atoms with Gasteiger partial charge in [-0.25, -0.2) is 9.98 Å². The highest BCUT2D eigenvalue weighted by molar-refractivity contribution is 7.11. The predicted octanol–water partition coefficient (Wildman–Crippen LogP) is 1.51. The molecule has 0 spiro atoms. The lowest BCUT2D eigenvalue weighted by atomic mass is 10.4. The van der Waals surface area contributed by atoms with Gasteiger partial charge in [0.15, 0.2) is 11.8 Å². The number of thiazole rings is 1. The number of nitrogens with one attached hydrogen (secondary N) is 2. The van der Waals surface area contributed by atoms with Gasteiger partial charge in [0.05, 0.1) is 10.7 Å². The van der Waals surface area contributed by atoms with E-state index in [1.165, 1.54) is 4.88 Å². The number of methoxy groups -OCH3 is 1. The lowest BCUT2D eigenvalue weighted by Gasteiger charge is -2.12. The number of rotatable bonds is 9. The Morgan fingerprint density at radius 1 is 1.19 bits per heavy atom. The van der Waals surface area contributed by atoms with Crippen molar-refractivity contribution in [2.45, 2.75) is 40.2 Å². The molecule has 2 rings (SSSR count). The van der Waals surface area contributed by atoms with Crippen LogP contribution in [0.1, 0.15) is 33.6 Å². The number of guanidine groups is 1. The summed E-state index contributed by atoms with van der Waals surface area (Å²) in [4.78, 5) is 10.5. The Hall–Kier alpha value is -2.00. The topological polar surface area (TPSA) is 89.2 Å². The predicted molar refractivity (Wildman–Crippen MR) is 105 cm³/mol. The molecule has 0 unspecified atom stereocenters. The van der Waals surface area contributed by atoms with Gasteiger partial charge in [-0.1, -0.05) is 0 Å². The molecule has 9 heteroatoms. The molecular weight excluding hydrogens is 350 g/mol. The number of hydrogen-bond acceptors (Lipinski definition) is 6. The van der Waals surface area contributed by atoms with E-state index in [4.69, 9.17) is 4.74 Å². The maximum Gasteiger partial charge on any atom is 0.191 e. The first-order chi connectivity index (χ1) is 12.5. The molecule has 0 fully saturated rings. The van der Waals surface area contributed by atoms with Gasteiger partial charge in [0.1, 0.15) is 12.4 Å². The quantitative estimate of drug-likeness (QED) is 0.390. The van der Waals surface area contributed by atoms with E-state index >= 15 is 0 Å². The van der Waals surface area contributed by atoms with Gasteiger partial charge in [0, 0.05) is 45.2 Å². The molecule has 8 nitrogen and oxygen atoms in total. The first kappa shape index (κ1) is 20.3. The Balaban J connectivity index is 1.91. The highest BCUT2D eigenvalue weighted by Gasteiger charge is 2.07. The van der Waals surface area contributed by atoms with E-state index in [2.05, 4.69) is 44.7 Å². The Morgan fingerprint density at radius 2 is 1.96 bits per heavy atom. The van der Waals surface area contributed by atoms with Crippen LogP contribution in [0.25, 0.3) is 0 Å². The summed E-state index contributed by atoms with van der Waals surface area (Å²) in [5.74, 6) is 2.49. The van der Waals surface area contributed by atoms with Crippen LogP contribution in [0.5, 0.6) is 0 Å². The molecule has 0 bridgehead atoms. The van der Waals surface area contributed by atoms with E-state index in [0.717, 1.165) is 60.8 Å². The molecule has 2 aromatic rings. The summed E-state index contributed by atoms with van der Waals surface area (Å²) < 4.78 is 7.05. The molecule has 0 aliphatic rings. The van der Waals surface area contributed by atoms with Gasteiger partial charge in [-0.3, -0.25) is 0 Å². The third-order valence-electron chi connectivity index (χ3n) is 4.08. The molecule has 2 N–H and O–H groups in total. The fraction of sp³-hybridized carbons (Fsp3) is 0.647. The van der Waals surface area contributed by atoms with Gasteiger partial charge in [-0.15, -0.1) is 21.5 Å². The Bertz CT molecular complexity index is 703. The standard InChI is InChI=1S/C17H29N7OS/c1-12-13(2)26-16(21-12)7-9-19-17(18-8-6-10-25-5)20-11-15-23-22-14(3)24(15)4/h6-11H2,1-5H3,(H2,18,19,20). The molecule has 26 heavy (non-hydrogen) atoms. The first-order valence-corrected chi connectivity index (χ1v) is 9.61. The number of aliphatic imine (C=N–C) groups is 1. The van der Waals surface area contributed by atoms with Gasteiger partial charge >= 0.3 is 0 Å². The van der Waals surface area contributed by atoms with Gasteiger partial charge < -0.3 is 19.9 Å². The summed E-state index contributed by atoms with van der Waals surface area (Å²) in [6.45, 7) is 8.87. The summed E-state index contributed by atoms with van der Waals surface area (Å²) in [6.07, 6.45) is 1.80. The van der Waals surface area contributed by atoms with Crippen LogP contribution in [-0.2, 0) is 24.8 Å². The monoisotopic (exact) mass is 379 g/mol. The zero-order valence-corrected chi connectivity index (χ0v) is 17.1. The fourth-order valence-corrected chi connectivity index (χ4v) is 3.20. The molecule has 144 valence electrons. The molecule has 0 atom stereocenters. The molecular formula is C17H29N7OS. The second-order valence-corrected chi connectivity index (χ2v) is 7.37. The smallest absolute Gasteiger partial charge is 0.191 e. The number of hydrogen-bond donors (Lipinski definition) is 2. The minimum atomic E-state index is 0.479. The van der Waals surface area contributed by atoms with Crippen molar-refractivity contribution in [3.63, 3.8) is 0 Å². The lowest BCUT2D eigenvalue weighted by Crippen LogP contribution is -2.39. The summed E-state index contributed by atoms with van der Waals surface area (Å²) >= 11 is 1.76. The van der Waals surface area contributed by atoms with Crippen LogP contribution in [0.2, 0.25) is 0 Å². The van der Waals surface area contributed by atoms with Gasteiger partial charge in [0.2, 0.25) is 0 Å². The van der Waals surface area contributed by atoms with Crippen molar-refractivity contribution in [1.82, 2.24) is 30.4 Å². The summed E-state index contributed by atoms with van der Waals surface area (Å²) in [6, 6.07) is 0. The van der Waals surface area contributed by atoms with Crippen LogP contribution in [0.15, 0.2) is 4.99 Å². The summed E-state index contributed by atoms with van der Waals surface area (Å²) in [5.41, 5.74) is 1.12. The van der Waals surface area contributed by atoms with Crippen molar-refractivity contribution in [2.24, 2.45) is 12.0 Å². The van der Waals surface area contributed by atoms with Crippen molar-refractivity contribution in [1.29, 1.82) is 0 Å². The van der Waals surface area contributed by atoms with Crippen LogP contribution in [0.3, 0.4) is 0 Å². The third kappa shape index (κ3) is 6.06. The van der Waals surface area contributed by atoms with Crippen LogP contribution < -0.4 is 10.6 Å². The molecule has 0 radical (unpaired) electrons. The van der Waals surface area contributed by atoms with Gasteiger partial charge in [0.25, 0.3) is 0 Å². The lowest BCUT2D eigenvalue weighted by molar-refractivity contribution is 0.195. The summed E-state index contributed by atoms with van der Waals surface area (Å²) in [5, 5.41) is 16.1. The van der Waals surface area contributed by atoms with Gasteiger partial charge in [-0.05, 0) is 27.2 Å². The summed E-state index contributed by atoms with van der Waals surface area (Å²) in [7, 11) is 3.66. The molecule has 0 aliphatic heterocycles. The van der Waals surface area contributed by atoms with Crippen LogP contribution in [-0.4, -0.2) is 52.5 Å². The minimum absolute atomic E-state index is 0.479. The molecule has 0 saturated heterocycles. The first-order valence-electron chi connectivity index (χ1n) is 8.80. The minimum Gasteiger partial charge on any atom is -0.385 e. The van der Waals surface area contributed by atoms with E-state index in [-0.39, 0.29) is 0 Å². The molecule has 0 amide bonds. The molecule has 2 aromatic heterocycles. The molecule has 0 aliphatic carbocycles. The van der Waals surface area contributed by atoms with Crippen molar-refractivity contribution in [3.8, 4) is 0 Å². The van der Waals surface area contributed by atoms with Crippen molar-refractivity contribution < 1.29 is 4.74 Å². The largest absolute Gasteiger partial charge is 0.385 e. The number of ether oxygens (including phenoxy) is 1. The molecule has 0 saturated carbocycles. The number of nitrogens with zero attached hydrogens (tertiary/aromatic N) is 5. The second kappa shape index (κ2) is 10.2. The highest BCUT2D eigenvalue weighted by atomic mass is 32.1. The zero-order valence-electron chi connectivity index (χ0n) is 16.3. The number of aromatic nitrogens is 4. The molecule has 0 aromatic carbocycles. The Morgan fingerprint density at radius 3 is 2.58 bits per heavy atom. The van der Waals surface area contributed by atoms with E-state index < -0.39 is 0 Å². The average molecular weight is 380 g/mol. The number of aryl methyl sites for hydroxylation is 3. The zero-order chi connectivity index (χ0) is 18.9. The second-order valence-electron chi connectivity index (χ2n) is 6.09. The van der Waals surface area contributed by atoms with Crippen molar-refractivity contribution >= 4 is 17.3 Å². The SMILES string of the molecule is COCCCNC(=NCc1nnc(C)n1C)NCCc1nc(C)c(C)s1. The van der Waals surface area contributed by atoms with Crippen molar-refractivity contribution in [2.75, 3.05) is 26.8 Å². The van der Waals surface area contributed by atoms with E-state index in [9.17, 15) is 0 Å². The maximum absolute atomic E-state index is 5.10. The normalized spacial score (nSPS) is 11.8. The van der Waals surface area contributed by atoms with E-state index in [0.29, 0.717) is 6.54 Å². The van der Waals surface area contributed by atoms with Gasteiger partial charge in [-0.2, -0.15) is 0 Å². The van der Waals surface area contributed by atoms with Crippen molar-refractivity contribution in [3.05, 3.63) is 27.2 Å². The van der Waals surface area contributed by atoms with Crippen LogP contribution in [0, 0.1) is 20.8 Å². The van der Waals surface area contributed by atoms with E-state index in [1.54, 1.807) is 18.4 Å². The fourth-order valence-electron chi connectivity index (χ4n) is 2.27. The third-order valence-corrected chi connectivity index (χ3v) is 5.22. The highest BCUT2D eigenvalue weighted by Crippen LogP contribution is 2.16. The molecule has 2 heterocycles.